The second-order valence-electron chi connectivity index (χ2n) is 9.36. The van der Waals surface area contributed by atoms with E-state index in [0.29, 0.717) is 44.1 Å². The summed E-state index contributed by atoms with van der Waals surface area (Å²) in [6.07, 6.45) is 5.21. The Kier molecular flexibility index (Phi) is 9.62. The summed E-state index contributed by atoms with van der Waals surface area (Å²) < 4.78 is 38.1. The quantitative estimate of drug-likeness (QED) is 0.390. The largest absolute Gasteiger partial charge is 0.481 e. The van der Waals surface area contributed by atoms with Gasteiger partial charge in [0.05, 0.1) is 11.7 Å². The van der Waals surface area contributed by atoms with Gasteiger partial charge < -0.3 is 14.6 Å². The molecule has 1 unspecified atom stereocenters. The molecule has 3 atom stereocenters. The predicted molar refractivity (Wildman–Crippen MR) is 132 cm³/mol. The van der Waals surface area contributed by atoms with E-state index in [1.54, 1.807) is 4.31 Å². The Balaban J connectivity index is 1.84. The monoisotopic (exact) mass is 496 g/mol. The minimum absolute atomic E-state index is 0.128. The fourth-order valence-corrected chi connectivity index (χ4v) is 6.87. The van der Waals surface area contributed by atoms with E-state index in [2.05, 4.69) is 11.8 Å². The molecule has 0 aliphatic carbocycles. The predicted octanol–water partition coefficient (Wildman–Crippen LogP) is 3.92. The SMILES string of the molecule is CCCCC[C@@H]1[C@@H](C(=O)O)C(c2ccc3c(c2)OCO3)CN1CCN(CCC)S(=O)(=O)CCC. The number of hydrogen-bond acceptors (Lipinski definition) is 6. The number of nitrogens with zero attached hydrogens (tertiary/aromatic N) is 2. The lowest BCUT2D eigenvalue weighted by molar-refractivity contribution is -0.143. The van der Waals surface area contributed by atoms with Crippen molar-refractivity contribution in [3.05, 3.63) is 23.8 Å². The third-order valence-electron chi connectivity index (χ3n) is 6.93. The first-order valence-electron chi connectivity index (χ1n) is 12.7. The highest BCUT2D eigenvalue weighted by molar-refractivity contribution is 7.89. The molecule has 1 aromatic rings. The molecule has 34 heavy (non-hydrogen) atoms. The van der Waals surface area contributed by atoms with Crippen molar-refractivity contribution < 1.29 is 27.8 Å². The molecule has 0 amide bonds. The number of aliphatic carboxylic acids is 1. The summed E-state index contributed by atoms with van der Waals surface area (Å²) in [7, 11) is -3.31. The molecule has 0 spiro atoms. The van der Waals surface area contributed by atoms with E-state index in [-0.39, 0.29) is 24.5 Å². The van der Waals surface area contributed by atoms with E-state index < -0.39 is 21.9 Å². The van der Waals surface area contributed by atoms with Gasteiger partial charge in [-0.3, -0.25) is 9.69 Å². The molecular formula is C25H40N2O6S. The number of rotatable bonds is 14. The maximum absolute atomic E-state index is 12.8. The van der Waals surface area contributed by atoms with Gasteiger partial charge in [0, 0.05) is 38.1 Å². The van der Waals surface area contributed by atoms with E-state index in [9.17, 15) is 18.3 Å². The van der Waals surface area contributed by atoms with Gasteiger partial charge in [-0.25, -0.2) is 12.7 Å². The highest BCUT2D eigenvalue weighted by Gasteiger charge is 2.46. The summed E-state index contributed by atoms with van der Waals surface area (Å²) in [4.78, 5) is 14.7. The van der Waals surface area contributed by atoms with Crippen molar-refractivity contribution in [1.82, 2.24) is 9.21 Å². The van der Waals surface area contributed by atoms with E-state index in [1.807, 2.05) is 32.0 Å². The first kappa shape index (κ1) is 26.8. The molecule has 0 aromatic heterocycles. The lowest BCUT2D eigenvalue weighted by atomic mass is 9.83. The van der Waals surface area contributed by atoms with Gasteiger partial charge in [-0.2, -0.15) is 0 Å². The summed E-state index contributed by atoms with van der Waals surface area (Å²) in [6.45, 7) is 8.17. The van der Waals surface area contributed by atoms with Gasteiger partial charge in [-0.15, -0.1) is 0 Å². The van der Waals surface area contributed by atoms with Crippen molar-refractivity contribution in [3.63, 3.8) is 0 Å². The Morgan fingerprint density at radius 2 is 1.85 bits per heavy atom. The number of benzene rings is 1. The number of carboxylic acids is 1. The molecule has 192 valence electrons. The molecule has 0 saturated carbocycles. The summed E-state index contributed by atoms with van der Waals surface area (Å²) in [6, 6.07) is 5.57. The Labute approximate surface area is 204 Å². The highest BCUT2D eigenvalue weighted by Crippen LogP contribution is 2.43. The number of carboxylic acid groups (broad SMARTS) is 1. The minimum Gasteiger partial charge on any atom is -0.481 e. The van der Waals surface area contributed by atoms with Crippen molar-refractivity contribution >= 4 is 16.0 Å². The number of ether oxygens (including phenoxy) is 2. The molecule has 2 aliphatic rings. The first-order chi connectivity index (χ1) is 16.3. The second-order valence-corrected chi connectivity index (χ2v) is 11.4. The van der Waals surface area contributed by atoms with Gasteiger partial charge in [-0.1, -0.05) is 46.1 Å². The van der Waals surface area contributed by atoms with Crippen LogP contribution in [0.3, 0.4) is 0 Å². The van der Waals surface area contributed by atoms with Gasteiger partial charge >= 0.3 is 5.97 Å². The number of likely N-dealkylation sites (tertiary alicyclic amines) is 1. The van der Waals surface area contributed by atoms with Crippen LogP contribution in [-0.4, -0.2) is 73.5 Å². The van der Waals surface area contributed by atoms with Gasteiger partial charge in [0.2, 0.25) is 16.8 Å². The zero-order valence-corrected chi connectivity index (χ0v) is 21.6. The van der Waals surface area contributed by atoms with Crippen LogP contribution in [0.4, 0.5) is 0 Å². The highest BCUT2D eigenvalue weighted by atomic mass is 32.2. The Morgan fingerprint density at radius 3 is 2.53 bits per heavy atom. The third-order valence-corrected chi connectivity index (χ3v) is 9.00. The van der Waals surface area contributed by atoms with Crippen LogP contribution in [0.25, 0.3) is 0 Å². The summed E-state index contributed by atoms with van der Waals surface area (Å²) in [5, 5.41) is 10.3. The number of carbonyl (C=O) groups is 1. The van der Waals surface area contributed by atoms with Crippen LogP contribution < -0.4 is 9.47 Å². The summed E-state index contributed by atoms with van der Waals surface area (Å²) in [5.74, 6) is -0.0566. The summed E-state index contributed by atoms with van der Waals surface area (Å²) >= 11 is 0. The minimum atomic E-state index is -3.31. The molecular weight excluding hydrogens is 456 g/mol. The second kappa shape index (κ2) is 12.2. The zero-order chi connectivity index (χ0) is 24.7. The molecule has 0 bridgehead atoms. The van der Waals surface area contributed by atoms with Crippen LogP contribution in [0.5, 0.6) is 11.5 Å². The van der Waals surface area contributed by atoms with E-state index in [0.717, 1.165) is 37.7 Å². The van der Waals surface area contributed by atoms with E-state index >= 15 is 0 Å². The lowest BCUT2D eigenvalue weighted by Gasteiger charge is -2.29. The van der Waals surface area contributed by atoms with E-state index in [4.69, 9.17) is 9.47 Å². The maximum Gasteiger partial charge on any atom is 0.308 e. The van der Waals surface area contributed by atoms with Crippen LogP contribution in [0.15, 0.2) is 18.2 Å². The van der Waals surface area contributed by atoms with Crippen molar-refractivity contribution in [1.29, 1.82) is 0 Å². The van der Waals surface area contributed by atoms with Crippen LogP contribution >= 0.6 is 0 Å². The Hall–Kier alpha value is -1.84. The molecule has 9 heteroatoms. The molecule has 1 aromatic carbocycles. The molecule has 2 heterocycles. The van der Waals surface area contributed by atoms with Crippen LogP contribution in [0.2, 0.25) is 0 Å². The molecule has 2 aliphatic heterocycles. The third kappa shape index (κ3) is 6.23. The topological polar surface area (TPSA) is 96.4 Å². The average molecular weight is 497 g/mol. The molecule has 8 nitrogen and oxygen atoms in total. The molecule has 3 rings (SSSR count). The Bertz CT molecular complexity index is 922. The van der Waals surface area contributed by atoms with Gasteiger partial charge in [0.25, 0.3) is 0 Å². The zero-order valence-electron chi connectivity index (χ0n) is 20.7. The Morgan fingerprint density at radius 1 is 1.09 bits per heavy atom. The smallest absolute Gasteiger partial charge is 0.308 e. The normalized spacial score (nSPS) is 22.5. The number of fused-ring (bicyclic) bond motifs is 1. The first-order valence-corrected chi connectivity index (χ1v) is 14.3. The van der Waals surface area contributed by atoms with Crippen molar-refractivity contribution in [2.24, 2.45) is 5.92 Å². The van der Waals surface area contributed by atoms with E-state index in [1.165, 1.54) is 0 Å². The van der Waals surface area contributed by atoms with Gasteiger partial charge in [-0.05, 0) is 37.0 Å². The molecule has 1 saturated heterocycles. The fourth-order valence-electron chi connectivity index (χ4n) is 5.28. The molecule has 1 fully saturated rings. The van der Waals surface area contributed by atoms with Crippen molar-refractivity contribution in [2.45, 2.75) is 71.3 Å². The fraction of sp³-hybridized carbons (Fsp3) is 0.720. The maximum atomic E-state index is 12.8. The number of hydrogen-bond donors (Lipinski definition) is 1. The average Bonchev–Trinajstić information content (AvgIpc) is 3.40. The van der Waals surface area contributed by atoms with Crippen LogP contribution in [0, 0.1) is 5.92 Å². The lowest BCUT2D eigenvalue weighted by Crippen LogP contribution is -2.43. The van der Waals surface area contributed by atoms with Crippen molar-refractivity contribution in [2.75, 3.05) is 38.7 Å². The number of sulfonamides is 1. The number of unbranched alkanes of at least 4 members (excludes halogenated alkanes) is 2. The standard InChI is InChI=1S/C25H40N2O6S/c1-4-7-8-9-21-24(25(28)29)20(19-10-11-22-23(16-19)33-18-32-22)17-26(21)13-14-27(12-5-2)34(30,31)15-6-3/h10-11,16,20-21,24H,4-9,12-15,17-18H2,1-3H3,(H,28,29)/t20?,21-,24+/m1/s1. The molecule has 1 N–H and O–H groups in total. The van der Waals surface area contributed by atoms with Gasteiger partial charge in [0.15, 0.2) is 11.5 Å². The van der Waals surface area contributed by atoms with Gasteiger partial charge in [0.1, 0.15) is 0 Å². The molecule has 0 radical (unpaired) electrons. The summed E-state index contributed by atoms with van der Waals surface area (Å²) in [5.41, 5.74) is 0.934. The van der Waals surface area contributed by atoms with Crippen LogP contribution in [-0.2, 0) is 14.8 Å². The van der Waals surface area contributed by atoms with Crippen molar-refractivity contribution in [3.8, 4) is 11.5 Å². The van der Waals surface area contributed by atoms with Crippen LogP contribution in [0.1, 0.15) is 70.8 Å².